The molecule has 0 rings (SSSR count). The van der Waals surface area contributed by atoms with Gasteiger partial charge >= 0.3 is 17.6 Å². The van der Waals surface area contributed by atoms with Gasteiger partial charge in [-0.2, -0.15) is 0 Å². The summed E-state index contributed by atoms with van der Waals surface area (Å²) in [5.41, 5.74) is 0. The van der Waals surface area contributed by atoms with Gasteiger partial charge in [0, 0.05) is 51.7 Å². The van der Waals surface area contributed by atoms with E-state index < -0.39 is 17.6 Å². The highest BCUT2D eigenvalue weighted by atomic mass is 28.4. The minimum Gasteiger partial charge on any atom is -0.373 e. The normalized spacial score (nSPS) is 12.6. The van der Waals surface area contributed by atoms with E-state index in [1.54, 1.807) is 0 Å². The van der Waals surface area contributed by atoms with E-state index in [-0.39, 0.29) is 0 Å². The smallest absolute Gasteiger partial charge is 0.373 e. The first-order valence-electron chi connectivity index (χ1n) is 11.9. The summed E-state index contributed by atoms with van der Waals surface area (Å²) in [6, 6.07) is 1.56. The topological polar surface area (TPSA) is 55.4 Å². The third-order valence-electron chi connectivity index (χ3n) is 4.12. The molecule has 0 amide bonds. The van der Waals surface area contributed by atoms with Crippen LogP contribution in [0.15, 0.2) is 0 Å². The molecule has 0 aromatic heterocycles. The van der Waals surface area contributed by atoms with Crippen LogP contribution in [0.3, 0.4) is 0 Å². The molecule has 0 N–H and O–H groups in total. The number of hydrogen-bond donors (Lipinski definition) is 0. The molecule has 0 fully saturated rings. The van der Waals surface area contributed by atoms with Crippen LogP contribution in [0.25, 0.3) is 0 Å². The maximum Gasteiger partial charge on any atom is 0.500 e. The van der Waals surface area contributed by atoms with Gasteiger partial charge in [-0.15, -0.1) is 0 Å². The molecular formula is C21H48O6Si2. The summed E-state index contributed by atoms with van der Waals surface area (Å²) in [6.45, 7) is 16.7. The second kappa shape index (κ2) is 18.9. The molecule has 6 nitrogen and oxygen atoms in total. The van der Waals surface area contributed by atoms with Crippen molar-refractivity contribution in [1.82, 2.24) is 0 Å². The molecule has 0 heterocycles. The zero-order valence-electron chi connectivity index (χ0n) is 20.1. The van der Waals surface area contributed by atoms with E-state index in [1.165, 1.54) is 0 Å². The lowest BCUT2D eigenvalue weighted by Gasteiger charge is -2.32. The van der Waals surface area contributed by atoms with E-state index in [0.29, 0.717) is 39.6 Å². The SMILES string of the molecule is CCCO[Si](CCC[Si](OCCC)(OCCC)OCCC)(OCCC)OCCC. The Labute approximate surface area is 182 Å². The fourth-order valence-corrected chi connectivity index (χ4v) is 8.78. The van der Waals surface area contributed by atoms with E-state index in [4.69, 9.17) is 26.6 Å². The average Bonchev–Trinajstić information content (AvgIpc) is 2.75. The number of hydrogen-bond acceptors (Lipinski definition) is 6. The fourth-order valence-electron chi connectivity index (χ4n) is 2.75. The molecule has 0 saturated heterocycles. The van der Waals surface area contributed by atoms with E-state index in [0.717, 1.165) is 57.0 Å². The van der Waals surface area contributed by atoms with Crippen LogP contribution in [-0.4, -0.2) is 57.3 Å². The monoisotopic (exact) mass is 452 g/mol. The van der Waals surface area contributed by atoms with Crippen molar-refractivity contribution in [1.29, 1.82) is 0 Å². The average molecular weight is 453 g/mol. The van der Waals surface area contributed by atoms with Crippen molar-refractivity contribution in [2.45, 2.75) is 98.6 Å². The van der Waals surface area contributed by atoms with Crippen LogP contribution in [-0.2, 0) is 26.6 Å². The molecule has 0 aliphatic carbocycles. The second-order valence-electron chi connectivity index (χ2n) is 7.31. The van der Waals surface area contributed by atoms with Gasteiger partial charge in [0.1, 0.15) is 0 Å². The highest BCUT2D eigenvalue weighted by molar-refractivity contribution is 6.62. The molecule has 0 spiro atoms. The molecule has 0 aromatic carbocycles. The Hall–Kier alpha value is 0.194. The van der Waals surface area contributed by atoms with Crippen LogP contribution < -0.4 is 0 Å². The van der Waals surface area contributed by atoms with Gasteiger partial charge in [-0.25, -0.2) is 0 Å². The fraction of sp³-hybridized carbons (Fsp3) is 1.00. The van der Waals surface area contributed by atoms with Crippen molar-refractivity contribution in [3.8, 4) is 0 Å². The molecule has 0 atom stereocenters. The molecule has 0 bridgehead atoms. The standard InChI is InChI=1S/C21H48O6Si2/c1-7-14-22-28(23-15-8-2,24-16-9-3)20-13-21-29(25-17-10-4,26-18-11-5)27-19-12-6/h7-21H2,1-6H3. The molecule has 0 aliphatic heterocycles. The van der Waals surface area contributed by atoms with Crippen molar-refractivity contribution in [3.63, 3.8) is 0 Å². The van der Waals surface area contributed by atoms with E-state index in [1.807, 2.05) is 0 Å². The molecule has 0 aliphatic rings. The van der Waals surface area contributed by atoms with E-state index in [2.05, 4.69) is 41.5 Å². The van der Waals surface area contributed by atoms with Crippen molar-refractivity contribution in [2.75, 3.05) is 39.6 Å². The van der Waals surface area contributed by atoms with Crippen molar-refractivity contribution < 1.29 is 26.6 Å². The molecule has 0 unspecified atom stereocenters. The zero-order valence-corrected chi connectivity index (χ0v) is 22.1. The van der Waals surface area contributed by atoms with Crippen molar-refractivity contribution in [2.24, 2.45) is 0 Å². The Bertz CT molecular complexity index is 285. The third kappa shape index (κ3) is 13.3. The Morgan fingerprint density at radius 2 is 0.586 bits per heavy atom. The molecule has 8 heteroatoms. The van der Waals surface area contributed by atoms with Gasteiger partial charge < -0.3 is 26.6 Å². The number of rotatable bonds is 22. The van der Waals surface area contributed by atoms with E-state index >= 15 is 0 Å². The first-order valence-corrected chi connectivity index (χ1v) is 15.8. The van der Waals surface area contributed by atoms with Crippen LogP contribution in [0.4, 0.5) is 0 Å². The van der Waals surface area contributed by atoms with E-state index in [9.17, 15) is 0 Å². The summed E-state index contributed by atoms with van der Waals surface area (Å²) < 4.78 is 37.4. The van der Waals surface area contributed by atoms with Crippen molar-refractivity contribution >= 4 is 17.6 Å². The summed E-state index contributed by atoms with van der Waals surface area (Å²) in [5.74, 6) is 0. The Morgan fingerprint density at radius 1 is 0.379 bits per heavy atom. The summed E-state index contributed by atoms with van der Waals surface area (Å²) in [5, 5.41) is 0. The minimum absolute atomic E-state index is 0.674. The summed E-state index contributed by atoms with van der Waals surface area (Å²) >= 11 is 0. The van der Waals surface area contributed by atoms with Crippen LogP contribution in [0.1, 0.15) is 86.5 Å². The van der Waals surface area contributed by atoms with Crippen LogP contribution in [0.2, 0.25) is 12.1 Å². The summed E-state index contributed by atoms with van der Waals surface area (Å²) in [6.07, 6.45) is 6.60. The van der Waals surface area contributed by atoms with Crippen LogP contribution >= 0.6 is 0 Å². The third-order valence-corrected chi connectivity index (χ3v) is 9.92. The van der Waals surface area contributed by atoms with Gasteiger partial charge in [-0.1, -0.05) is 41.5 Å². The first kappa shape index (κ1) is 29.2. The lowest BCUT2D eigenvalue weighted by Crippen LogP contribution is -2.49. The zero-order chi connectivity index (χ0) is 21.8. The van der Waals surface area contributed by atoms with Gasteiger partial charge in [0.05, 0.1) is 0 Å². The van der Waals surface area contributed by atoms with Crippen LogP contribution in [0, 0.1) is 0 Å². The molecule has 0 saturated carbocycles. The van der Waals surface area contributed by atoms with Gasteiger partial charge in [0.2, 0.25) is 0 Å². The van der Waals surface area contributed by atoms with Gasteiger partial charge in [0.25, 0.3) is 0 Å². The maximum absolute atomic E-state index is 6.23. The summed E-state index contributed by atoms with van der Waals surface area (Å²) in [4.78, 5) is 0. The second-order valence-corrected chi connectivity index (χ2v) is 12.8. The molecule has 0 aromatic rings. The quantitative estimate of drug-likeness (QED) is 0.193. The van der Waals surface area contributed by atoms with Gasteiger partial charge in [-0.3, -0.25) is 0 Å². The predicted molar refractivity (Wildman–Crippen MR) is 123 cm³/mol. The lowest BCUT2D eigenvalue weighted by atomic mass is 10.5. The molecular weight excluding hydrogens is 404 g/mol. The molecule has 0 radical (unpaired) electrons. The maximum atomic E-state index is 6.23. The molecule has 29 heavy (non-hydrogen) atoms. The summed E-state index contributed by atoms with van der Waals surface area (Å²) in [7, 11) is -5.39. The predicted octanol–water partition coefficient (Wildman–Crippen LogP) is 5.81. The Kier molecular flexibility index (Phi) is 19.0. The van der Waals surface area contributed by atoms with Crippen molar-refractivity contribution in [3.05, 3.63) is 0 Å². The Morgan fingerprint density at radius 3 is 0.759 bits per heavy atom. The minimum atomic E-state index is -2.70. The molecule has 176 valence electrons. The van der Waals surface area contributed by atoms with Crippen LogP contribution in [0.5, 0.6) is 0 Å². The highest BCUT2D eigenvalue weighted by Gasteiger charge is 2.45. The highest BCUT2D eigenvalue weighted by Crippen LogP contribution is 2.26. The lowest BCUT2D eigenvalue weighted by molar-refractivity contribution is 0.0531. The van der Waals surface area contributed by atoms with Gasteiger partial charge in [-0.05, 0) is 44.9 Å². The largest absolute Gasteiger partial charge is 0.500 e. The Balaban J connectivity index is 5.21. The van der Waals surface area contributed by atoms with Gasteiger partial charge in [0.15, 0.2) is 0 Å². The first-order chi connectivity index (χ1) is 14.1.